The lowest BCUT2D eigenvalue weighted by Crippen LogP contribution is -2.58. The lowest BCUT2D eigenvalue weighted by atomic mass is 9.89. The summed E-state index contributed by atoms with van der Waals surface area (Å²) in [6.07, 6.45) is 3.97. The molecule has 4 aliphatic rings. The van der Waals surface area contributed by atoms with Crippen LogP contribution in [0.3, 0.4) is 0 Å². The molecule has 0 radical (unpaired) electrons. The lowest BCUT2D eigenvalue weighted by Gasteiger charge is -2.40. The molecule has 2 saturated heterocycles. The van der Waals surface area contributed by atoms with Gasteiger partial charge in [-0.3, -0.25) is 4.79 Å². The standard InChI is InChI=1S/C37H36ClF6N3O6/c38-7-3-1-2-4-9-51-11-12-52-10-8-45-34(48)22-5-6-23(35(49)50)24(13-22)33-25-14-27(39)29(46-18-36(41,42)19-46)16-31(25)53-32-17-30(28(40)15-26(32)33)47-20-37(43,44)21-47/h5-6,13-17H,1-4,7-12,18-21H2,(H-,45,48,49,50)/p+1. The number of nitrogens with zero attached hydrogens (tertiary/aromatic N) is 2. The van der Waals surface area contributed by atoms with Gasteiger partial charge in [0.05, 0.1) is 50.2 Å². The third-order valence-electron chi connectivity index (χ3n) is 9.08. The Bertz CT molecular complexity index is 2040. The smallest absolute Gasteiger partial charge is 0.361 e. The number of rotatable bonds is 16. The fraction of sp³-hybridized carbons (Fsp3) is 0.432. The van der Waals surface area contributed by atoms with E-state index in [1.54, 1.807) is 0 Å². The summed E-state index contributed by atoms with van der Waals surface area (Å²) < 4.78 is 104. The minimum absolute atomic E-state index is 0.0180. The van der Waals surface area contributed by atoms with Crippen molar-refractivity contribution in [1.29, 1.82) is 0 Å². The Hall–Kier alpha value is -4.34. The average molecular weight is 769 g/mol. The van der Waals surface area contributed by atoms with E-state index in [4.69, 9.17) is 25.5 Å². The first kappa shape index (κ1) is 38.4. The maximum absolute atomic E-state index is 15.6. The molecule has 0 saturated carbocycles. The van der Waals surface area contributed by atoms with E-state index in [9.17, 15) is 32.3 Å². The van der Waals surface area contributed by atoms with Gasteiger partial charge < -0.3 is 29.2 Å². The van der Waals surface area contributed by atoms with E-state index in [1.807, 2.05) is 0 Å². The SMILES string of the molecule is O=C(NCCOCCOCCCCCCCl)c1ccc(C(=O)O)c(-c2c3cc(F)c(=[N+]4CC(F)(F)C4)cc-3oc3cc(N4CC(F)(F)C4)c(F)cc23)c1. The zero-order valence-corrected chi connectivity index (χ0v) is 29.2. The number of benzene rings is 3. The molecule has 3 aliphatic heterocycles. The Morgan fingerprint density at radius 2 is 1.58 bits per heavy atom. The van der Waals surface area contributed by atoms with Crippen LogP contribution in [-0.2, 0) is 9.47 Å². The highest BCUT2D eigenvalue weighted by Gasteiger charge is 2.50. The van der Waals surface area contributed by atoms with Crippen LogP contribution in [0.4, 0.5) is 32.0 Å². The van der Waals surface area contributed by atoms with Gasteiger partial charge in [0.15, 0.2) is 5.82 Å². The average Bonchev–Trinajstić information content (AvgIpc) is 3.08. The molecule has 0 atom stereocenters. The minimum Gasteiger partial charge on any atom is -0.478 e. The van der Waals surface area contributed by atoms with Crippen molar-refractivity contribution in [3.8, 4) is 22.5 Å². The van der Waals surface area contributed by atoms with Crippen molar-refractivity contribution in [2.45, 2.75) is 37.5 Å². The number of anilines is 1. The van der Waals surface area contributed by atoms with Crippen LogP contribution < -0.4 is 20.1 Å². The highest BCUT2D eigenvalue weighted by atomic mass is 35.5. The molecule has 0 aromatic heterocycles. The summed E-state index contributed by atoms with van der Waals surface area (Å²) in [7, 11) is 0. The molecule has 9 nitrogen and oxygen atoms in total. The van der Waals surface area contributed by atoms with Crippen LogP contribution >= 0.6 is 11.6 Å². The van der Waals surface area contributed by atoms with Crippen LogP contribution in [0.1, 0.15) is 46.4 Å². The number of carbonyl (C=O) groups is 2. The maximum Gasteiger partial charge on any atom is 0.361 e. The van der Waals surface area contributed by atoms with E-state index in [0.717, 1.165) is 47.3 Å². The van der Waals surface area contributed by atoms with Gasteiger partial charge in [0.2, 0.25) is 18.4 Å². The van der Waals surface area contributed by atoms with Crippen LogP contribution in [0.5, 0.6) is 0 Å². The van der Waals surface area contributed by atoms with Crippen molar-refractivity contribution in [3.05, 3.63) is 70.6 Å². The number of aromatic carboxylic acids is 1. The molecule has 2 aromatic carbocycles. The molecular weight excluding hydrogens is 732 g/mol. The first-order chi connectivity index (χ1) is 25.3. The third kappa shape index (κ3) is 8.73. The number of carboxylic acids is 1. The number of ether oxygens (including phenoxy) is 2. The highest BCUT2D eigenvalue weighted by Crippen LogP contribution is 2.44. The number of alkyl halides is 5. The molecule has 3 heterocycles. The summed E-state index contributed by atoms with van der Waals surface area (Å²) in [5.74, 6) is -9.35. The van der Waals surface area contributed by atoms with Gasteiger partial charge in [0.25, 0.3) is 11.8 Å². The largest absolute Gasteiger partial charge is 0.478 e. The third-order valence-corrected chi connectivity index (χ3v) is 9.35. The van der Waals surface area contributed by atoms with Crippen molar-refractivity contribution in [1.82, 2.24) is 9.89 Å². The number of nitrogens with one attached hydrogen (secondary N) is 1. The molecule has 2 aromatic rings. The number of unbranched alkanes of at least 4 members (excludes halogenated alkanes) is 3. The quantitative estimate of drug-likeness (QED) is 0.0435. The van der Waals surface area contributed by atoms with Crippen molar-refractivity contribution < 1.29 is 54.9 Å². The Morgan fingerprint density at radius 3 is 2.26 bits per heavy atom. The van der Waals surface area contributed by atoms with Gasteiger partial charge in [0, 0.05) is 47.2 Å². The van der Waals surface area contributed by atoms with Gasteiger partial charge in [0.1, 0.15) is 17.2 Å². The zero-order chi connectivity index (χ0) is 37.9. The maximum atomic E-state index is 15.6. The van der Waals surface area contributed by atoms with Crippen LogP contribution in [-0.4, -0.2) is 93.9 Å². The Kier molecular flexibility index (Phi) is 11.6. The molecule has 1 aliphatic carbocycles. The predicted octanol–water partition coefficient (Wildman–Crippen LogP) is 6.62. The Labute approximate surface area is 305 Å². The number of hydrogen-bond acceptors (Lipinski definition) is 6. The molecule has 0 bridgehead atoms. The van der Waals surface area contributed by atoms with E-state index in [1.165, 1.54) is 30.3 Å². The number of carbonyl (C=O) groups excluding carboxylic acids is 1. The number of amides is 1. The summed E-state index contributed by atoms with van der Waals surface area (Å²) in [5.41, 5.74) is -0.767. The van der Waals surface area contributed by atoms with Crippen LogP contribution in [0.25, 0.3) is 33.4 Å². The molecule has 0 unspecified atom stereocenters. The van der Waals surface area contributed by atoms with Gasteiger partial charge in [-0.05, 0) is 48.7 Å². The van der Waals surface area contributed by atoms with Crippen molar-refractivity contribution in [2.75, 3.05) is 69.9 Å². The second-order valence-electron chi connectivity index (χ2n) is 13.2. The van der Waals surface area contributed by atoms with Crippen molar-refractivity contribution >= 4 is 40.1 Å². The van der Waals surface area contributed by atoms with Crippen LogP contribution in [0, 0.1) is 11.6 Å². The van der Waals surface area contributed by atoms with Crippen molar-refractivity contribution in [3.63, 3.8) is 0 Å². The molecule has 0 spiro atoms. The number of carboxylic acid groups (broad SMARTS) is 1. The molecular formula is C37H37ClF6N3O6+. The lowest BCUT2D eigenvalue weighted by molar-refractivity contribution is -0.0649. The molecule has 6 rings (SSSR count). The molecule has 284 valence electrons. The second kappa shape index (κ2) is 15.9. The molecule has 16 heteroatoms. The topological polar surface area (TPSA) is 104 Å². The van der Waals surface area contributed by atoms with Gasteiger partial charge in [-0.1, -0.05) is 12.8 Å². The number of hydrogen-bond donors (Lipinski definition) is 2. The van der Waals surface area contributed by atoms with Gasteiger partial charge in [-0.2, -0.15) is 13.2 Å². The van der Waals surface area contributed by atoms with Crippen LogP contribution in [0.15, 0.2) is 46.9 Å². The van der Waals surface area contributed by atoms with Crippen molar-refractivity contribution in [2.24, 2.45) is 0 Å². The van der Waals surface area contributed by atoms with Gasteiger partial charge in [-0.25, -0.2) is 22.5 Å². The Balaban J connectivity index is 1.30. The van der Waals surface area contributed by atoms with Gasteiger partial charge in [-0.15, -0.1) is 11.6 Å². The van der Waals surface area contributed by atoms with Gasteiger partial charge >= 0.3 is 11.9 Å². The summed E-state index contributed by atoms with van der Waals surface area (Å²) in [4.78, 5) is 26.9. The molecule has 53 heavy (non-hydrogen) atoms. The summed E-state index contributed by atoms with van der Waals surface area (Å²) in [5, 5.41) is 12.6. The normalized spacial score (nSPS) is 16.1. The molecule has 2 N–H and O–H groups in total. The molecule has 1 amide bonds. The number of halogens is 7. The first-order valence-electron chi connectivity index (χ1n) is 17.1. The van der Waals surface area contributed by atoms with Crippen LogP contribution in [0.2, 0.25) is 0 Å². The summed E-state index contributed by atoms with van der Waals surface area (Å²) in [6.45, 7) is -1.42. The van der Waals surface area contributed by atoms with E-state index >= 15 is 8.78 Å². The Morgan fingerprint density at radius 1 is 0.868 bits per heavy atom. The predicted molar refractivity (Wildman–Crippen MR) is 185 cm³/mol. The minimum atomic E-state index is -3.03. The zero-order valence-electron chi connectivity index (χ0n) is 28.5. The summed E-state index contributed by atoms with van der Waals surface area (Å²) in [6, 6.07) is 8.03. The monoisotopic (exact) mass is 768 g/mol. The summed E-state index contributed by atoms with van der Waals surface area (Å²) >= 11 is 5.67. The van der Waals surface area contributed by atoms with E-state index in [0.29, 0.717) is 25.7 Å². The fourth-order valence-corrected chi connectivity index (χ4v) is 6.63. The van der Waals surface area contributed by atoms with E-state index in [2.05, 4.69) is 5.32 Å². The second-order valence-corrected chi connectivity index (χ2v) is 13.5. The molecule has 2 fully saturated rings. The number of fused-ring (bicyclic) bond motifs is 2. The highest BCUT2D eigenvalue weighted by molar-refractivity contribution is 6.17. The van der Waals surface area contributed by atoms with E-state index < -0.39 is 61.5 Å². The first-order valence-corrected chi connectivity index (χ1v) is 17.7. The fourth-order valence-electron chi connectivity index (χ4n) is 6.44. The van der Waals surface area contributed by atoms with E-state index in [-0.39, 0.29) is 68.7 Å².